The van der Waals surface area contributed by atoms with Crippen molar-refractivity contribution in [3.8, 4) is 11.3 Å². The maximum absolute atomic E-state index is 4.69. The Bertz CT molecular complexity index is 525. The van der Waals surface area contributed by atoms with E-state index in [-0.39, 0.29) is 0 Å². The molecule has 1 aliphatic heterocycles. The molecule has 1 aromatic heterocycles. The summed E-state index contributed by atoms with van der Waals surface area (Å²) >= 11 is 0. The van der Waals surface area contributed by atoms with Crippen molar-refractivity contribution in [2.24, 2.45) is 0 Å². The minimum Gasteiger partial charge on any atom is -0.370 e. The predicted molar refractivity (Wildman–Crippen MR) is 70.2 cm³/mol. The van der Waals surface area contributed by atoms with Crippen LogP contribution in [-0.2, 0) is 0 Å². The highest BCUT2D eigenvalue weighted by atomic mass is 15.4. The van der Waals surface area contributed by atoms with Crippen LogP contribution in [0.15, 0.2) is 30.3 Å². The summed E-state index contributed by atoms with van der Waals surface area (Å²) < 4.78 is 2.10. The van der Waals surface area contributed by atoms with Crippen LogP contribution in [0.1, 0.15) is 24.9 Å². The van der Waals surface area contributed by atoms with Crippen LogP contribution < -0.4 is 5.32 Å². The van der Waals surface area contributed by atoms with Crippen LogP contribution in [0, 0.1) is 6.92 Å². The summed E-state index contributed by atoms with van der Waals surface area (Å²) in [6.45, 7) is 5.36. The lowest BCUT2D eigenvalue weighted by Crippen LogP contribution is -2.21. The van der Waals surface area contributed by atoms with Gasteiger partial charge in [0, 0.05) is 18.2 Å². The fourth-order valence-electron chi connectivity index (χ4n) is 2.26. The number of hydrogen-bond acceptors (Lipinski definition) is 2. The molecular formula is C14H17N3. The van der Waals surface area contributed by atoms with Crippen LogP contribution in [0.3, 0.4) is 0 Å². The zero-order chi connectivity index (χ0) is 11.8. The van der Waals surface area contributed by atoms with Crippen molar-refractivity contribution >= 4 is 5.82 Å². The Labute approximate surface area is 101 Å². The van der Waals surface area contributed by atoms with Crippen LogP contribution in [0.2, 0.25) is 0 Å². The molecule has 1 unspecified atom stereocenters. The molecule has 0 fully saturated rings. The third-order valence-electron chi connectivity index (χ3n) is 3.37. The van der Waals surface area contributed by atoms with E-state index >= 15 is 0 Å². The second kappa shape index (κ2) is 3.91. The summed E-state index contributed by atoms with van der Waals surface area (Å²) in [6.07, 6.45) is 1.14. The number of rotatable bonds is 1. The normalized spacial score (nSPS) is 18.6. The van der Waals surface area contributed by atoms with Crippen molar-refractivity contribution in [2.45, 2.75) is 26.3 Å². The summed E-state index contributed by atoms with van der Waals surface area (Å²) in [5, 5.41) is 8.08. The lowest BCUT2D eigenvalue weighted by molar-refractivity contribution is 0.454. The molecule has 2 aromatic rings. The SMILES string of the molecule is Cc1ccc(-c2cc3n(n2)C(C)CCN3)cc1. The summed E-state index contributed by atoms with van der Waals surface area (Å²) in [5.74, 6) is 1.14. The monoisotopic (exact) mass is 227 g/mol. The molecule has 3 rings (SSSR count). The Balaban J connectivity index is 2.02. The second-order valence-corrected chi connectivity index (χ2v) is 4.79. The van der Waals surface area contributed by atoms with E-state index in [1.165, 1.54) is 11.1 Å². The molecule has 17 heavy (non-hydrogen) atoms. The summed E-state index contributed by atoms with van der Waals surface area (Å²) in [5.41, 5.74) is 3.52. The molecule has 0 aliphatic carbocycles. The Morgan fingerprint density at radius 1 is 1.29 bits per heavy atom. The molecule has 0 amide bonds. The lowest BCUT2D eigenvalue weighted by atomic mass is 10.1. The average molecular weight is 227 g/mol. The van der Waals surface area contributed by atoms with E-state index in [1.807, 2.05) is 0 Å². The fourth-order valence-corrected chi connectivity index (χ4v) is 2.26. The van der Waals surface area contributed by atoms with E-state index in [9.17, 15) is 0 Å². The van der Waals surface area contributed by atoms with Gasteiger partial charge in [-0.1, -0.05) is 29.8 Å². The van der Waals surface area contributed by atoms with Crippen LogP contribution in [0.5, 0.6) is 0 Å². The molecule has 0 bridgehead atoms. The molecule has 3 heteroatoms. The van der Waals surface area contributed by atoms with Crippen molar-refractivity contribution in [3.63, 3.8) is 0 Å². The van der Waals surface area contributed by atoms with Crippen molar-refractivity contribution in [2.75, 3.05) is 11.9 Å². The van der Waals surface area contributed by atoms with Gasteiger partial charge in [-0.05, 0) is 20.3 Å². The average Bonchev–Trinajstić information content (AvgIpc) is 2.75. The van der Waals surface area contributed by atoms with Gasteiger partial charge in [-0.15, -0.1) is 0 Å². The maximum atomic E-state index is 4.69. The molecule has 0 spiro atoms. The summed E-state index contributed by atoms with van der Waals surface area (Å²) in [7, 11) is 0. The third-order valence-corrected chi connectivity index (χ3v) is 3.37. The number of hydrogen-bond donors (Lipinski definition) is 1. The van der Waals surface area contributed by atoms with E-state index in [4.69, 9.17) is 0 Å². The number of aryl methyl sites for hydroxylation is 1. The van der Waals surface area contributed by atoms with Gasteiger partial charge in [0.15, 0.2) is 0 Å². The molecule has 88 valence electrons. The van der Waals surface area contributed by atoms with Gasteiger partial charge in [0.1, 0.15) is 5.82 Å². The highest BCUT2D eigenvalue weighted by Gasteiger charge is 2.18. The van der Waals surface area contributed by atoms with E-state index in [0.717, 1.165) is 24.5 Å². The molecular weight excluding hydrogens is 210 g/mol. The van der Waals surface area contributed by atoms with Gasteiger partial charge in [0.2, 0.25) is 0 Å². The largest absolute Gasteiger partial charge is 0.370 e. The smallest absolute Gasteiger partial charge is 0.125 e. The zero-order valence-electron chi connectivity index (χ0n) is 10.3. The lowest BCUT2D eigenvalue weighted by Gasteiger charge is -2.21. The molecule has 1 aromatic carbocycles. The first-order valence-electron chi connectivity index (χ1n) is 6.14. The Morgan fingerprint density at radius 2 is 2.06 bits per heavy atom. The molecule has 1 aliphatic rings. The van der Waals surface area contributed by atoms with Crippen molar-refractivity contribution < 1.29 is 0 Å². The van der Waals surface area contributed by atoms with Crippen LogP contribution in [0.25, 0.3) is 11.3 Å². The van der Waals surface area contributed by atoms with Crippen molar-refractivity contribution in [1.29, 1.82) is 0 Å². The van der Waals surface area contributed by atoms with Crippen LogP contribution >= 0.6 is 0 Å². The highest BCUT2D eigenvalue weighted by Crippen LogP contribution is 2.28. The molecule has 1 atom stereocenters. The number of nitrogens with one attached hydrogen (secondary N) is 1. The minimum atomic E-state index is 0.491. The summed E-state index contributed by atoms with van der Waals surface area (Å²) in [6, 6.07) is 11.2. The highest BCUT2D eigenvalue weighted by molar-refractivity contribution is 5.63. The van der Waals surface area contributed by atoms with E-state index in [0.29, 0.717) is 6.04 Å². The van der Waals surface area contributed by atoms with Crippen LogP contribution in [0.4, 0.5) is 5.82 Å². The Hall–Kier alpha value is -1.77. The third kappa shape index (κ3) is 1.82. The molecule has 2 heterocycles. The number of nitrogens with zero attached hydrogens (tertiary/aromatic N) is 2. The number of benzene rings is 1. The number of aromatic nitrogens is 2. The van der Waals surface area contributed by atoms with E-state index in [2.05, 4.69) is 59.3 Å². The Morgan fingerprint density at radius 3 is 2.76 bits per heavy atom. The quantitative estimate of drug-likeness (QED) is 0.810. The standard InChI is InChI=1S/C14H17N3/c1-10-3-5-12(6-4-10)13-9-14-15-8-7-11(2)17(14)16-13/h3-6,9,11,15H,7-8H2,1-2H3. The van der Waals surface area contributed by atoms with Gasteiger partial charge in [-0.2, -0.15) is 5.10 Å². The molecule has 0 radical (unpaired) electrons. The predicted octanol–water partition coefficient (Wildman–Crippen LogP) is 3.24. The number of anilines is 1. The van der Waals surface area contributed by atoms with Crippen molar-refractivity contribution in [1.82, 2.24) is 9.78 Å². The van der Waals surface area contributed by atoms with Crippen LogP contribution in [-0.4, -0.2) is 16.3 Å². The molecule has 0 saturated carbocycles. The number of fused-ring (bicyclic) bond motifs is 1. The minimum absolute atomic E-state index is 0.491. The van der Waals surface area contributed by atoms with Gasteiger partial charge < -0.3 is 5.32 Å². The van der Waals surface area contributed by atoms with Gasteiger partial charge in [0.05, 0.1) is 11.7 Å². The second-order valence-electron chi connectivity index (χ2n) is 4.79. The van der Waals surface area contributed by atoms with E-state index in [1.54, 1.807) is 0 Å². The molecule has 0 saturated heterocycles. The van der Waals surface area contributed by atoms with Gasteiger partial charge in [-0.25, -0.2) is 4.68 Å². The van der Waals surface area contributed by atoms with E-state index < -0.39 is 0 Å². The van der Waals surface area contributed by atoms with Gasteiger partial charge in [0.25, 0.3) is 0 Å². The first-order chi connectivity index (χ1) is 8.24. The molecule has 3 nitrogen and oxygen atoms in total. The van der Waals surface area contributed by atoms with Gasteiger partial charge in [-0.3, -0.25) is 0 Å². The Kier molecular flexibility index (Phi) is 2.39. The topological polar surface area (TPSA) is 29.9 Å². The zero-order valence-corrected chi connectivity index (χ0v) is 10.3. The van der Waals surface area contributed by atoms with Crippen molar-refractivity contribution in [3.05, 3.63) is 35.9 Å². The maximum Gasteiger partial charge on any atom is 0.125 e. The van der Waals surface area contributed by atoms with Gasteiger partial charge >= 0.3 is 0 Å². The summed E-state index contributed by atoms with van der Waals surface area (Å²) in [4.78, 5) is 0. The molecule has 1 N–H and O–H groups in total. The first-order valence-corrected chi connectivity index (χ1v) is 6.14. The fraction of sp³-hybridized carbons (Fsp3) is 0.357. The first kappa shape index (κ1) is 10.4.